The molecular formula is C16H14N2O3S. The van der Waals surface area contributed by atoms with Crippen LogP contribution in [0.3, 0.4) is 0 Å². The molecule has 0 heterocycles. The van der Waals surface area contributed by atoms with Gasteiger partial charge in [-0.15, -0.1) is 0 Å². The maximum atomic E-state index is 11.1. The van der Waals surface area contributed by atoms with Crippen LogP contribution in [0.1, 0.15) is 0 Å². The smallest absolute Gasteiger partial charge is 0.355 e. The summed E-state index contributed by atoms with van der Waals surface area (Å²) in [6.07, 6.45) is 0. The summed E-state index contributed by atoms with van der Waals surface area (Å²) in [6.45, 7) is 0. The molecule has 0 spiro atoms. The molecule has 0 amide bonds. The standard InChI is InChI=1S/C16H14N2O3S/c19-22(20,21)18-15-11-5-7-12-6-4-10-14(16(12)15)17-13-8-2-1-3-9-13/h1-11,17-18H,(H,19,20,21). The fraction of sp³-hybridized carbons (Fsp3) is 0. The predicted molar refractivity (Wildman–Crippen MR) is 88.8 cm³/mol. The lowest BCUT2D eigenvalue weighted by Crippen LogP contribution is -2.10. The van der Waals surface area contributed by atoms with E-state index in [0.717, 1.165) is 16.8 Å². The molecule has 3 aromatic carbocycles. The molecular weight excluding hydrogens is 300 g/mol. The van der Waals surface area contributed by atoms with E-state index in [1.807, 2.05) is 54.6 Å². The van der Waals surface area contributed by atoms with Crippen LogP contribution in [0.5, 0.6) is 0 Å². The first-order chi connectivity index (χ1) is 10.5. The molecule has 5 nitrogen and oxygen atoms in total. The van der Waals surface area contributed by atoms with E-state index in [0.29, 0.717) is 11.1 Å². The van der Waals surface area contributed by atoms with Crippen LogP contribution in [-0.2, 0) is 10.3 Å². The zero-order chi connectivity index (χ0) is 15.6. The molecule has 0 aromatic heterocycles. The van der Waals surface area contributed by atoms with E-state index in [1.54, 1.807) is 12.1 Å². The van der Waals surface area contributed by atoms with Crippen molar-refractivity contribution in [2.75, 3.05) is 10.0 Å². The SMILES string of the molecule is O=S(=O)(O)Nc1cccc2cccc(Nc3ccccc3)c12. The maximum Gasteiger partial charge on any atom is 0.357 e. The van der Waals surface area contributed by atoms with Crippen LogP contribution in [-0.4, -0.2) is 13.0 Å². The second-order valence-electron chi connectivity index (χ2n) is 4.78. The van der Waals surface area contributed by atoms with E-state index in [9.17, 15) is 8.42 Å². The topological polar surface area (TPSA) is 78.4 Å². The summed E-state index contributed by atoms with van der Waals surface area (Å²) in [5.41, 5.74) is 1.95. The lowest BCUT2D eigenvalue weighted by molar-refractivity contribution is 0.490. The Morgan fingerprint density at radius 1 is 0.773 bits per heavy atom. The molecule has 0 aliphatic heterocycles. The molecule has 0 aliphatic rings. The van der Waals surface area contributed by atoms with Crippen molar-refractivity contribution < 1.29 is 13.0 Å². The minimum absolute atomic E-state index is 0.319. The maximum absolute atomic E-state index is 11.1. The monoisotopic (exact) mass is 314 g/mol. The summed E-state index contributed by atoms with van der Waals surface area (Å²) in [6, 6.07) is 20.4. The molecule has 22 heavy (non-hydrogen) atoms. The Bertz CT molecular complexity index is 904. The van der Waals surface area contributed by atoms with Crippen LogP contribution >= 0.6 is 0 Å². The number of benzene rings is 3. The summed E-state index contributed by atoms with van der Waals surface area (Å²) in [7, 11) is -4.34. The van der Waals surface area contributed by atoms with Crippen molar-refractivity contribution >= 4 is 38.1 Å². The van der Waals surface area contributed by atoms with Crippen LogP contribution in [0.15, 0.2) is 66.7 Å². The number of para-hydroxylation sites is 1. The van der Waals surface area contributed by atoms with Crippen molar-refractivity contribution in [2.24, 2.45) is 0 Å². The molecule has 3 aromatic rings. The van der Waals surface area contributed by atoms with Crippen LogP contribution in [0, 0.1) is 0 Å². The van der Waals surface area contributed by atoms with E-state index in [2.05, 4.69) is 10.0 Å². The largest absolute Gasteiger partial charge is 0.357 e. The molecule has 0 atom stereocenters. The molecule has 0 saturated carbocycles. The highest BCUT2D eigenvalue weighted by molar-refractivity contribution is 7.87. The highest BCUT2D eigenvalue weighted by Crippen LogP contribution is 2.32. The zero-order valence-electron chi connectivity index (χ0n) is 11.5. The minimum Gasteiger partial charge on any atom is -0.355 e. The van der Waals surface area contributed by atoms with Gasteiger partial charge < -0.3 is 5.32 Å². The van der Waals surface area contributed by atoms with Crippen molar-refractivity contribution in [3.05, 3.63) is 66.7 Å². The first-order valence-corrected chi connectivity index (χ1v) is 8.06. The Morgan fingerprint density at radius 2 is 1.41 bits per heavy atom. The van der Waals surface area contributed by atoms with Crippen LogP contribution in [0.25, 0.3) is 10.8 Å². The van der Waals surface area contributed by atoms with Crippen molar-refractivity contribution in [3.63, 3.8) is 0 Å². The van der Waals surface area contributed by atoms with Gasteiger partial charge in [0.25, 0.3) is 0 Å². The summed E-state index contributed by atoms with van der Waals surface area (Å²) >= 11 is 0. The average Bonchev–Trinajstić information content (AvgIpc) is 2.47. The Balaban J connectivity index is 2.14. The van der Waals surface area contributed by atoms with Crippen LogP contribution in [0.2, 0.25) is 0 Å². The third-order valence-corrected chi connectivity index (χ3v) is 3.67. The van der Waals surface area contributed by atoms with Gasteiger partial charge in [0.15, 0.2) is 0 Å². The second kappa shape index (κ2) is 5.67. The minimum atomic E-state index is -4.34. The molecule has 0 bridgehead atoms. The van der Waals surface area contributed by atoms with Gasteiger partial charge in [-0.3, -0.25) is 9.27 Å². The fourth-order valence-electron chi connectivity index (χ4n) is 2.35. The Labute approximate surface area is 128 Å². The third kappa shape index (κ3) is 3.19. The Morgan fingerprint density at radius 3 is 2.05 bits per heavy atom. The summed E-state index contributed by atoms with van der Waals surface area (Å²) in [5.74, 6) is 0. The molecule has 3 N–H and O–H groups in total. The molecule has 0 fully saturated rings. The predicted octanol–water partition coefficient (Wildman–Crippen LogP) is 3.80. The number of nitrogens with one attached hydrogen (secondary N) is 2. The molecule has 3 rings (SSSR count). The van der Waals surface area contributed by atoms with Gasteiger partial charge in [-0.25, -0.2) is 0 Å². The molecule has 0 unspecified atom stereocenters. The Hall–Kier alpha value is -2.57. The number of hydrogen-bond donors (Lipinski definition) is 3. The highest BCUT2D eigenvalue weighted by Gasteiger charge is 2.11. The molecule has 0 saturated heterocycles. The molecule has 0 radical (unpaired) electrons. The quantitative estimate of drug-likeness (QED) is 0.640. The number of anilines is 3. The van der Waals surface area contributed by atoms with Crippen molar-refractivity contribution in [1.82, 2.24) is 0 Å². The van der Waals surface area contributed by atoms with E-state index < -0.39 is 10.3 Å². The van der Waals surface area contributed by atoms with Gasteiger partial charge >= 0.3 is 10.3 Å². The second-order valence-corrected chi connectivity index (χ2v) is 5.93. The van der Waals surface area contributed by atoms with E-state index in [-0.39, 0.29) is 0 Å². The first-order valence-electron chi connectivity index (χ1n) is 6.62. The normalized spacial score (nSPS) is 11.3. The average molecular weight is 314 g/mol. The van der Waals surface area contributed by atoms with E-state index >= 15 is 0 Å². The first kappa shape index (κ1) is 14.4. The van der Waals surface area contributed by atoms with Crippen molar-refractivity contribution in [1.29, 1.82) is 0 Å². The highest BCUT2D eigenvalue weighted by atomic mass is 32.2. The van der Waals surface area contributed by atoms with Gasteiger partial charge in [0, 0.05) is 16.8 Å². The summed E-state index contributed by atoms with van der Waals surface area (Å²) < 4.78 is 33.5. The molecule has 0 aliphatic carbocycles. The lowest BCUT2D eigenvalue weighted by atomic mass is 10.1. The van der Waals surface area contributed by atoms with Crippen LogP contribution < -0.4 is 10.0 Å². The number of rotatable bonds is 4. The van der Waals surface area contributed by atoms with Gasteiger partial charge in [-0.1, -0.05) is 42.5 Å². The van der Waals surface area contributed by atoms with Gasteiger partial charge in [-0.2, -0.15) is 8.42 Å². The van der Waals surface area contributed by atoms with Gasteiger partial charge in [0.2, 0.25) is 0 Å². The Kier molecular flexibility index (Phi) is 3.70. The summed E-state index contributed by atoms with van der Waals surface area (Å²) in [4.78, 5) is 0. The number of fused-ring (bicyclic) bond motifs is 1. The molecule has 6 heteroatoms. The molecule has 112 valence electrons. The van der Waals surface area contributed by atoms with E-state index in [4.69, 9.17) is 4.55 Å². The third-order valence-electron chi connectivity index (χ3n) is 3.20. The van der Waals surface area contributed by atoms with E-state index in [1.165, 1.54) is 0 Å². The lowest BCUT2D eigenvalue weighted by Gasteiger charge is -2.13. The summed E-state index contributed by atoms with van der Waals surface area (Å²) in [5, 5.41) is 4.80. The number of hydrogen-bond acceptors (Lipinski definition) is 3. The van der Waals surface area contributed by atoms with Gasteiger partial charge in [0.05, 0.1) is 5.69 Å². The van der Waals surface area contributed by atoms with Gasteiger partial charge in [0.1, 0.15) is 0 Å². The van der Waals surface area contributed by atoms with Crippen molar-refractivity contribution in [2.45, 2.75) is 0 Å². The van der Waals surface area contributed by atoms with Crippen LogP contribution in [0.4, 0.5) is 17.1 Å². The fourth-order valence-corrected chi connectivity index (χ4v) is 2.79. The zero-order valence-corrected chi connectivity index (χ0v) is 12.3. The van der Waals surface area contributed by atoms with Crippen molar-refractivity contribution in [3.8, 4) is 0 Å². The van der Waals surface area contributed by atoms with Gasteiger partial charge in [-0.05, 0) is 29.7 Å².